The Morgan fingerprint density at radius 1 is 1.50 bits per heavy atom. The zero-order chi connectivity index (χ0) is 17.2. The molecular weight excluding hydrogens is 310 g/mol. The van der Waals surface area contributed by atoms with Crippen LogP contribution in [0.3, 0.4) is 0 Å². The van der Waals surface area contributed by atoms with Crippen LogP contribution in [0.1, 0.15) is 25.8 Å². The van der Waals surface area contributed by atoms with Crippen molar-refractivity contribution in [3.05, 3.63) is 29.3 Å². The quantitative estimate of drug-likeness (QED) is 0.854. The minimum Gasteiger partial charge on any atom is -0.490 e. The van der Waals surface area contributed by atoms with E-state index in [-0.39, 0.29) is 25.2 Å². The Balaban J connectivity index is 1.69. The topological polar surface area (TPSA) is 77.0 Å². The molecule has 0 spiro atoms. The summed E-state index contributed by atoms with van der Waals surface area (Å²) in [7, 11) is 0. The maximum absolute atomic E-state index is 12.4. The summed E-state index contributed by atoms with van der Waals surface area (Å²) in [6.07, 6.45) is 2.03. The number of ether oxygens (including phenoxy) is 3. The highest BCUT2D eigenvalue weighted by Gasteiger charge is 2.39. The number of hydrogen-bond acceptors (Lipinski definition) is 5. The predicted molar refractivity (Wildman–Crippen MR) is 89.1 cm³/mol. The van der Waals surface area contributed by atoms with Gasteiger partial charge in [-0.1, -0.05) is 12.1 Å². The Hall–Kier alpha value is -2.05. The van der Waals surface area contributed by atoms with Gasteiger partial charge in [-0.3, -0.25) is 4.79 Å². The lowest BCUT2D eigenvalue weighted by Gasteiger charge is -2.27. The van der Waals surface area contributed by atoms with Crippen LogP contribution < -0.4 is 14.8 Å². The minimum atomic E-state index is -1.01. The molecule has 0 radical (unpaired) electrons. The number of amides is 1. The molecule has 0 saturated carbocycles. The fourth-order valence-electron chi connectivity index (χ4n) is 2.93. The van der Waals surface area contributed by atoms with Gasteiger partial charge in [0.15, 0.2) is 11.5 Å². The van der Waals surface area contributed by atoms with E-state index in [0.29, 0.717) is 36.7 Å². The van der Waals surface area contributed by atoms with Gasteiger partial charge in [0.2, 0.25) is 0 Å². The van der Waals surface area contributed by atoms with Crippen LogP contribution in [-0.4, -0.2) is 49.1 Å². The molecule has 2 heterocycles. The number of para-hydroxylation sites is 1. The van der Waals surface area contributed by atoms with E-state index in [9.17, 15) is 9.90 Å². The fraction of sp³-hybridized carbons (Fsp3) is 0.500. The van der Waals surface area contributed by atoms with Crippen LogP contribution in [-0.2, 0) is 9.53 Å². The van der Waals surface area contributed by atoms with E-state index in [4.69, 9.17) is 14.2 Å². The standard InChI is InChI=1S/C18H23NO5/c1-3-22-15-6-4-5-13-9-14(10-24-16(13)15)17(20)19-11-18(21)7-8-23-12(18)2/h4-6,9,12,21H,3,7-8,10-11H2,1-2H3,(H,19,20)/t12-,18-/m1/s1. The van der Waals surface area contributed by atoms with Crippen molar-refractivity contribution in [3.8, 4) is 11.5 Å². The second-order valence-electron chi connectivity index (χ2n) is 6.12. The summed E-state index contributed by atoms with van der Waals surface area (Å²) in [5.41, 5.74) is 0.325. The second kappa shape index (κ2) is 6.83. The molecule has 0 unspecified atom stereocenters. The zero-order valence-electron chi connectivity index (χ0n) is 14.0. The van der Waals surface area contributed by atoms with E-state index in [1.165, 1.54) is 0 Å². The van der Waals surface area contributed by atoms with Gasteiger partial charge in [0, 0.05) is 25.1 Å². The summed E-state index contributed by atoms with van der Waals surface area (Å²) in [5.74, 6) is 1.10. The third-order valence-corrected chi connectivity index (χ3v) is 4.52. The monoisotopic (exact) mass is 333 g/mol. The second-order valence-corrected chi connectivity index (χ2v) is 6.12. The number of hydrogen-bond donors (Lipinski definition) is 2. The average molecular weight is 333 g/mol. The van der Waals surface area contributed by atoms with Crippen LogP contribution in [0.4, 0.5) is 0 Å². The molecule has 6 nitrogen and oxygen atoms in total. The number of carbonyl (C=O) groups excluding carboxylic acids is 1. The molecule has 1 amide bonds. The highest BCUT2D eigenvalue weighted by Crippen LogP contribution is 2.35. The van der Waals surface area contributed by atoms with Crippen molar-refractivity contribution in [2.45, 2.75) is 32.0 Å². The SMILES string of the molecule is CCOc1cccc2c1OCC(C(=O)NC[C@]1(O)CCO[C@@H]1C)=C2. The molecule has 0 aromatic heterocycles. The summed E-state index contributed by atoms with van der Waals surface area (Å²) in [5, 5.41) is 13.2. The Kier molecular flexibility index (Phi) is 4.78. The van der Waals surface area contributed by atoms with Crippen molar-refractivity contribution in [1.29, 1.82) is 0 Å². The lowest BCUT2D eigenvalue weighted by atomic mass is 9.96. The van der Waals surface area contributed by atoms with Crippen LogP contribution in [0.25, 0.3) is 6.08 Å². The van der Waals surface area contributed by atoms with Crippen LogP contribution in [0.2, 0.25) is 0 Å². The Labute approximate surface area is 141 Å². The molecule has 1 aromatic carbocycles. The number of fused-ring (bicyclic) bond motifs is 1. The molecule has 1 saturated heterocycles. The van der Waals surface area contributed by atoms with Crippen LogP contribution in [0.15, 0.2) is 23.8 Å². The molecule has 2 N–H and O–H groups in total. The molecule has 2 aliphatic heterocycles. The number of aliphatic hydroxyl groups is 1. The van der Waals surface area contributed by atoms with Gasteiger partial charge in [0.25, 0.3) is 5.91 Å². The molecule has 1 fully saturated rings. The normalized spacial score (nSPS) is 25.5. The maximum Gasteiger partial charge on any atom is 0.250 e. The molecule has 2 atom stereocenters. The lowest BCUT2D eigenvalue weighted by Crippen LogP contribution is -2.48. The van der Waals surface area contributed by atoms with Crippen LogP contribution in [0, 0.1) is 0 Å². The largest absolute Gasteiger partial charge is 0.490 e. The summed E-state index contributed by atoms with van der Waals surface area (Å²) < 4.78 is 16.6. The van der Waals surface area contributed by atoms with E-state index in [1.807, 2.05) is 32.0 Å². The number of carbonyl (C=O) groups is 1. The lowest BCUT2D eigenvalue weighted by molar-refractivity contribution is -0.119. The van der Waals surface area contributed by atoms with E-state index < -0.39 is 5.60 Å². The van der Waals surface area contributed by atoms with E-state index in [2.05, 4.69) is 5.32 Å². The Bertz CT molecular complexity index is 657. The molecule has 3 rings (SSSR count). The summed E-state index contributed by atoms with van der Waals surface area (Å²) >= 11 is 0. The maximum atomic E-state index is 12.4. The van der Waals surface area contributed by atoms with Gasteiger partial charge in [-0.2, -0.15) is 0 Å². The zero-order valence-corrected chi connectivity index (χ0v) is 14.0. The molecule has 0 bridgehead atoms. The van der Waals surface area contributed by atoms with Gasteiger partial charge in [0.1, 0.15) is 12.2 Å². The van der Waals surface area contributed by atoms with Crippen molar-refractivity contribution < 1.29 is 24.1 Å². The Morgan fingerprint density at radius 2 is 2.33 bits per heavy atom. The first-order valence-corrected chi connectivity index (χ1v) is 8.25. The van der Waals surface area contributed by atoms with Crippen molar-refractivity contribution in [2.24, 2.45) is 0 Å². The van der Waals surface area contributed by atoms with E-state index in [1.54, 1.807) is 6.08 Å². The molecular formula is C18H23NO5. The summed E-state index contributed by atoms with van der Waals surface area (Å²) in [4.78, 5) is 12.4. The Morgan fingerprint density at radius 3 is 3.04 bits per heavy atom. The third-order valence-electron chi connectivity index (χ3n) is 4.52. The molecule has 1 aromatic rings. The smallest absolute Gasteiger partial charge is 0.250 e. The molecule has 6 heteroatoms. The van der Waals surface area contributed by atoms with Gasteiger partial charge in [-0.15, -0.1) is 0 Å². The number of benzene rings is 1. The number of nitrogens with one attached hydrogen (secondary N) is 1. The van der Waals surface area contributed by atoms with Crippen molar-refractivity contribution in [3.63, 3.8) is 0 Å². The van der Waals surface area contributed by atoms with Gasteiger partial charge >= 0.3 is 0 Å². The summed E-state index contributed by atoms with van der Waals surface area (Å²) in [6, 6.07) is 5.59. The molecule has 24 heavy (non-hydrogen) atoms. The van der Waals surface area contributed by atoms with Gasteiger partial charge < -0.3 is 24.6 Å². The van der Waals surface area contributed by atoms with Gasteiger partial charge in [-0.25, -0.2) is 0 Å². The van der Waals surface area contributed by atoms with Crippen LogP contribution in [0.5, 0.6) is 11.5 Å². The highest BCUT2D eigenvalue weighted by molar-refractivity contribution is 5.99. The van der Waals surface area contributed by atoms with Crippen LogP contribution >= 0.6 is 0 Å². The first-order chi connectivity index (χ1) is 11.5. The molecule has 130 valence electrons. The summed E-state index contributed by atoms with van der Waals surface area (Å²) in [6.45, 7) is 5.12. The molecule has 0 aliphatic carbocycles. The third kappa shape index (κ3) is 3.25. The van der Waals surface area contributed by atoms with Crippen molar-refractivity contribution >= 4 is 12.0 Å². The number of rotatable bonds is 5. The molecule has 2 aliphatic rings. The van der Waals surface area contributed by atoms with Crippen molar-refractivity contribution in [2.75, 3.05) is 26.4 Å². The van der Waals surface area contributed by atoms with Gasteiger partial charge in [-0.05, 0) is 26.0 Å². The minimum absolute atomic E-state index is 0.163. The van der Waals surface area contributed by atoms with E-state index in [0.717, 1.165) is 5.56 Å². The first kappa shape index (κ1) is 16.8. The predicted octanol–water partition coefficient (Wildman–Crippen LogP) is 1.52. The first-order valence-electron chi connectivity index (χ1n) is 8.25. The average Bonchev–Trinajstić information content (AvgIpc) is 2.92. The highest BCUT2D eigenvalue weighted by atomic mass is 16.5. The van der Waals surface area contributed by atoms with E-state index >= 15 is 0 Å². The van der Waals surface area contributed by atoms with Crippen molar-refractivity contribution in [1.82, 2.24) is 5.32 Å². The fourth-order valence-corrected chi connectivity index (χ4v) is 2.93. The van der Waals surface area contributed by atoms with Gasteiger partial charge in [0.05, 0.1) is 18.3 Å².